The first-order valence-electron chi connectivity index (χ1n) is 7.02. The molecular weight excluding hydrogens is 308 g/mol. The third-order valence-electron chi connectivity index (χ3n) is 3.09. The molecule has 4 nitrogen and oxygen atoms in total. The number of hydrogen-bond acceptors (Lipinski definition) is 3. The molecule has 2 rings (SSSR count). The molecule has 0 saturated heterocycles. The molecule has 1 fully saturated rings. The van der Waals surface area contributed by atoms with E-state index in [1.807, 2.05) is 24.3 Å². The molecule has 114 valence electrons. The van der Waals surface area contributed by atoms with E-state index in [0.717, 1.165) is 24.2 Å². The molecule has 0 heterocycles. The maximum Gasteiger partial charge on any atom is 0.230 e. The maximum atomic E-state index is 11.6. The lowest BCUT2D eigenvalue weighted by Gasteiger charge is -2.07. The molecule has 6 heteroatoms. The Labute approximate surface area is 134 Å². The molecule has 1 aliphatic carbocycles. The van der Waals surface area contributed by atoms with Gasteiger partial charge in [-0.1, -0.05) is 23.7 Å². The second kappa shape index (κ2) is 8.29. The van der Waals surface area contributed by atoms with Gasteiger partial charge in [0.25, 0.3) is 0 Å². The maximum absolute atomic E-state index is 11.6. The van der Waals surface area contributed by atoms with Gasteiger partial charge < -0.3 is 10.6 Å². The van der Waals surface area contributed by atoms with Crippen LogP contribution in [-0.4, -0.2) is 30.7 Å². The Bertz CT molecular complexity index is 506. The number of amides is 2. The number of carbonyl (C=O) groups is 2. The summed E-state index contributed by atoms with van der Waals surface area (Å²) in [5, 5.41) is 6.32. The van der Waals surface area contributed by atoms with Gasteiger partial charge in [0, 0.05) is 29.8 Å². The van der Waals surface area contributed by atoms with Crippen molar-refractivity contribution in [2.75, 3.05) is 18.8 Å². The van der Waals surface area contributed by atoms with Gasteiger partial charge in [-0.3, -0.25) is 9.59 Å². The SMILES string of the molecule is O=C(CSCc1cccc(Cl)c1)NCCNC(=O)C1CC1. The van der Waals surface area contributed by atoms with Crippen molar-refractivity contribution in [3.63, 3.8) is 0 Å². The Hall–Kier alpha value is -1.20. The highest BCUT2D eigenvalue weighted by Gasteiger charge is 2.28. The third-order valence-corrected chi connectivity index (χ3v) is 4.32. The molecule has 2 amide bonds. The average Bonchev–Trinajstić information content (AvgIpc) is 3.28. The first-order chi connectivity index (χ1) is 10.1. The Morgan fingerprint density at radius 3 is 2.71 bits per heavy atom. The lowest BCUT2D eigenvalue weighted by Crippen LogP contribution is -2.36. The average molecular weight is 327 g/mol. The van der Waals surface area contributed by atoms with Gasteiger partial charge in [-0.05, 0) is 30.5 Å². The summed E-state index contributed by atoms with van der Waals surface area (Å²) < 4.78 is 0. The Balaban J connectivity index is 1.52. The van der Waals surface area contributed by atoms with Crippen LogP contribution in [0.4, 0.5) is 0 Å². The summed E-state index contributed by atoms with van der Waals surface area (Å²) in [6, 6.07) is 7.63. The molecular formula is C15H19ClN2O2S. The van der Waals surface area contributed by atoms with Gasteiger partial charge in [0.05, 0.1) is 5.75 Å². The summed E-state index contributed by atoms with van der Waals surface area (Å²) >= 11 is 7.44. The highest BCUT2D eigenvalue weighted by atomic mass is 35.5. The third kappa shape index (κ3) is 6.40. The zero-order chi connectivity index (χ0) is 15.1. The predicted octanol–water partition coefficient (Wildman–Crippen LogP) is 2.22. The standard InChI is InChI=1S/C15H19ClN2O2S/c16-13-3-1-2-11(8-13)9-21-10-14(19)17-6-7-18-15(20)12-4-5-12/h1-3,8,12H,4-7,9-10H2,(H,17,19)(H,18,20). The van der Waals surface area contributed by atoms with E-state index in [-0.39, 0.29) is 17.7 Å². The molecule has 0 unspecified atom stereocenters. The van der Waals surface area contributed by atoms with Crippen LogP contribution in [0.3, 0.4) is 0 Å². The Kier molecular flexibility index (Phi) is 6.39. The predicted molar refractivity (Wildman–Crippen MR) is 86.4 cm³/mol. The fourth-order valence-electron chi connectivity index (χ4n) is 1.82. The number of carbonyl (C=O) groups excluding carboxylic acids is 2. The van der Waals surface area contributed by atoms with Crippen molar-refractivity contribution in [3.8, 4) is 0 Å². The number of halogens is 1. The molecule has 1 aliphatic rings. The van der Waals surface area contributed by atoms with Crippen LogP contribution in [0.25, 0.3) is 0 Å². The number of rotatable bonds is 8. The van der Waals surface area contributed by atoms with Gasteiger partial charge in [0.15, 0.2) is 0 Å². The minimum Gasteiger partial charge on any atom is -0.354 e. The first-order valence-corrected chi connectivity index (χ1v) is 8.55. The fraction of sp³-hybridized carbons (Fsp3) is 0.467. The quantitative estimate of drug-likeness (QED) is 0.720. The van der Waals surface area contributed by atoms with Gasteiger partial charge in [0.2, 0.25) is 11.8 Å². The molecule has 21 heavy (non-hydrogen) atoms. The van der Waals surface area contributed by atoms with Crippen molar-refractivity contribution >= 4 is 35.2 Å². The van der Waals surface area contributed by atoms with Crippen molar-refractivity contribution in [1.82, 2.24) is 10.6 Å². The number of nitrogens with one attached hydrogen (secondary N) is 2. The summed E-state index contributed by atoms with van der Waals surface area (Å²) in [4.78, 5) is 23.0. The van der Waals surface area contributed by atoms with Crippen LogP contribution in [0.15, 0.2) is 24.3 Å². The zero-order valence-corrected chi connectivity index (χ0v) is 13.3. The molecule has 0 aromatic heterocycles. The molecule has 0 aliphatic heterocycles. The van der Waals surface area contributed by atoms with Crippen molar-refractivity contribution in [2.24, 2.45) is 5.92 Å². The summed E-state index contributed by atoms with van der Waals surface area (Å²) in [7, 11) is 0. The molecule has 0 spiro atoms. The van der Waals surface area contributed by atoms with E-state index in [1.165, 1.54) is 0 Å². The second-order valence-corrected chi connectivity index (χ2v) is 6.46. The molecule has 1 aromatic rings. The van der Waals surface area contributed by atoms with Crippen LogP contribution in [0.1, 0.15) is 18.4 Å². The lowest BCUT2D eigenvalue weighted by atomic mass is 10.2. The largest absolute Gasteiger partial charge is 0.354 e. The number of hydrogen-bond donors (Lipinski definition) is 2. The normalized spacial score (nSPS) is 13.8. The highest BCUT2D eigenvalue weighted by Crippen LogP contribution is 2.28. The van der Waals surface area contributed by atoms with Crippen LogP contribution >= 0.6 is 23.4 Å². The zero-order valence-electron chi connectivity index (χ0n) is 11.7. The topological polar surface area (TPSA) is 58.2 Å². The second-order valence-electron chi connectivity index (χ2n) is 5.04. The molecule has 0 radical (unpaired) electrons. The molecule has 1 saturated carbocycles. The molecule has 0 bridgehead atoms. The molecule has 1 aromatic carbocycles. The van der Waals surface area contributed by atoms with Gasteiger partial charge >= 0.3 is 0 Å². The van der Waals surface area contributed by atoms with Crippen molar-refractivity contribution in [3.05, 3.63) is 34.9 Å². The summed E-state index contributed by atoms with van der Waals surface area (Å²) in [6.45, 7) is 0.981. The van der Waals surface area contributed by atoms with E-state index >= 15 is 0 Å². The lowest BCUT2D eigenvalue weighted by molar-refractivity contribution is -0.123. The summed E-state index contributed by atoms with van der Waals surface area (Å²) in [5.41, 5.74) is 1.11. The van der Waals surface area contributed by atoms with E-state index in [4.69, 9.17) is 11.6 Å². The molecule has 2 N–H and O–H groups in total. The van der Waals surface area contributed by atoms with Gasteiger partial charge in [-0.15, -0.1) is 11.8 Å². The van der Waals surface area contributed by atoms with Crippen LogP contribution in [0.2, 0.25) is 5.02 Å². The fourth-order valence-corrected chi connectivity index (χ4v) is 2.83. The van der Waals surface area contributed by atoms with Crippen LogP contribution in [0, 0.1) is 5.92 Å². The Morgan fingerprint density at radius 1 is 1.24 bits per heavy atom. The number of benzene rings is 1. The smallest absolute Gasteiger partial charge is 0.230 e. The van der Waals surface area contributed by atoms with Crippen LogP contribution in [-0.2, 0) is 15.3 Å². The molecule has 0 atom stereocenters. The van der Waals surface area contributed by atoms with Gasteiger partial charge in [0.1, 0.15) is 0 Å². The van der Waals surface area contributed by atoms with E-state index < -0.39 is 0 Å². The van der Waals surface area contributed by atoms with E-state index in [1.54, 1.807) is 11.8 Å². The van der Waals surface area contributed by atoms with Gasteiger partial charge in [-0.25, -0.2) is 0 Å². The van der Waals surface area contributed by atoms with Crippen molar-refractivity contribution < 1.29 is 9.59 Å². The van der Waals surface area contributed by atoms with Crippen molar-refractivity contribution in [2.45, 2.75) is 18.6 Å². The minimum atomic E-state index is -0.0114. The summed E-state index contributed by atoms with van der Waals surface area (Å²) in [6.07, 6.45) is 2.00. The first kappa shape index (κ1) is 16.2. The number of thioether (sulfide) groups is 1. The highest BCUT2D eigenvalue weighted by molar-refractivity contribution is 7.99. The summed E-state index contributed by atoms with van der Waals surface area (Å²) in [5.74, 6) is 1.48. The monoisotopic (exact) mass is 326 g/mol. The van der Waals surface area contributed by atoms with Crippen molar-refractivity contribution in [1.29, 1.82) is 0 Å². The Morgan fingerprint density at radius 2 is 2.00 bits per heavy atom. The van der Waals surface area contributed by atoms with E-state index in [9.17, 15) is 9.59 Å². The van der Waals surface area contributed by atoms with Gasteiger partial charge in [-0.2, -0.15) is 0 Å². The van der Waals surface area contributed by atoms with E-state index in [2.05, 4.69) is 10.6 Å². The van der Waals surface area contributed by atoms with Crippen LogP contribution in [0.5, 0.6) is 0 Å². The van der Waals surface area contributed by atoms with E-state index in [0.29, 0.717) is 23.9 Å². The van der Waals surface area contributed by atoms with Crippen LogP contribution < -0.4 is 10.6 Å². The minimum absolute atomic E-state index is 0.0114.